The summed E-state index contributed by atoms with van der Waals surface area (Å²) in [5.41, 5.74) is 0. The quantitative estimate of drug-likeness (QED) is 0.580. The van der Waals surface area contributed by atoms with Gasteiger partial charge in [0.05, 0.1) is 6.54 Å². The van der Waals surface area contributed by atoms with Crippen molar-refractivity contribution in [1.82, 2.24) is 5.32 Å². The Hall–Kier alpha value is -0.370. The Morgan fingerprint density at radius 2 is 1.88 bits per heavy atom. The van der Waals surface area contributed by atoms with E-state index in [1.54, 1.807) is 14.0 Å². The Morgan fingerprint density at radius 1 is 1.50 bits per heavy atom. The lowest BCUT2D eigenvalue weighted by molar-refractivity contribution is -0.116. The van der Waals surface area contributed by atoms with E-state index in [1.807, 2.05) is 13.8 Å². The van der Waals surface area contributed by atoms with E-state index in [-0.39, 0.29) is 5.78 Å². The number of rotatable bonds is 2. The van der Waals surface area contributed by atoms with Crippen molar-refractivity contribution in [3.8, 4) is 0 Å². The van der Waals surface area contributed by atoms with Crippen LogP contribution in [0.5, 0.6) is 0 Å². The van der Waals surface area contributed by atoms with Crippen LogP contribution in [0, 0.1) is 0 Å². The third-order valence-corrected chi connectivity index (χ3v) is 0.426. The highest BCUT2D eigenvalue weighted by atomic mass is 16.1. The van der Waals surface area contributed by atoms with Crippen molar-refractivity contribution < 1.29 is 4.79 Å². The molecule has 0 aromatic heterocycles. The van der Waals surface area contributed by atoms with Crippen LogP contribution >= 0.6 is 0 Å². The normalized spacial score (nSPS) is 7.00. The molecule has 0 bridgehead atoms. The lowest BCUT2D eigenvalue weighted by Gasteiger charge is -1.85. The van der Waals surface area contributed by atoms with Crippen LogP contribution in [0.4, 0.5) is 0 Å². The maximum Gasteiger partial charge on any atom is 0.143 e. The van der Waals surface area contributed by atoms with Crippen LogP contribution < -0.4 is 5.32 Å². The molecular weight excluding hydrogens is 102 g/mol. The van der Waals surface area contributed by atoms with Gasteiger partial charge in [-0.3, -0.25) is 4.79 Å². The molecule has 0 aliphatic carbocycles. The first-order chi connectivity index (χ1) is 3.77. The summed E-state index contributed by atoms with van der Waals surface area (Å²) < 4.78 is 0. The molecule has 0 spiro atoms. The molecule has 0 rings (SSSR count). The van der Waals surface area contributed by atoms with Gasteiger partial charge in [-0.1, -0.05) is 13.8 Å². The molecule has 2 heteroatoms. The second-order valence-electron chi connectivity index (χ2n) is 1.23. The molecule has 2 nitrogen and oxygen atoms in total. The topological polar surface area (TPSA) is 29.1 Å². The summed E-state index contributed by atoms with van der Waals surface area (Å²) in [6.07, 6.45) is 0. The molecule has 0 aromatic carbocycles. The Bertz CT molecular complexity index is 52.5. The fraction of sp³-hybridized carbons (Fsp3) is 0.833. The maximum atomic E-state index is 9.98. The maximum absolute atomic E-state index is 9.98. The predicted octanol–water partition coefficient (Wildman–Crippen LogP) is 0.821. The predicted molar refractivity (Wildman–Crippen MR) is 36.0 cm³/mol. The third kappa shape index (κ3) is 17.4. The van der Waals surface area contributed by atoms with Crippen LogP contribution in [-0.4, -0.2) is 19.4 Å². The molecular formula is C6H15NO. The van der Waals surface area contributed by atoms with Gasteiger partial charge in [-0.25, -0.2) is 0 Å². The highest BCUT2D eigenvalue weighted by Gasteiger charge is 1.82. The molecule has 0 aliphatic rings. The highest BCUT2D eigenvalue weighted by molar-refractivity contribution is 5.77. The molecule has 1 N–H and O–H groups in total. The Labute approximate surface area is 51.3 Å². The first kappa shape index (κ1) is 10.6. The van der Waals surface area contributed by atoms with E-state index < -0.39 is 0 Å². The van der Waals surface area contributed by atoms with Crippen molar-refractivity contribution in [3.05, 3.63) is 0 Å². The van der Waals surface area contributed by atoms with Gasteiger partial charge in [0.1, 0.15) is 5.78 Å². The second-order valence-corrected chi connectivity index (χ2v) is 1.23. The van der Waals surface area contributed by atoms with E-state index in [2.05, 4.69) is 5.32 Å². The first-order valence-electron chi connectivity index (χ1n) is 2.91. The smallest absolute Gasteiger partial charge is 0.143 e. The summed E-state index contributed by atoms with van der Waals surface area (Å²) in [7, 11) is 1.75. The zero-order valence-electron chi connectivity index (χ0n) is 6.12. The molecule has 8 heavy (non-hydrogen) atoms. The van der Waals surface area contributed by atoms with Crippen LogP contribution in [0.1, 0.15) is 20.8 Å². The van der Waals surface area contributed by atoms with Gasteiger partial charge in [0.2, 0.25) is 0 Å². The fourth-order valence-electron chi connectivity index (χ4n) is 0.249. The molecule has 0 saturated carbocycles. The number of hydrogen-bond acceptors (Lipinski definition) is 2. The zero-order chi connectivity index (χ0) is 6.99. The number of ketones is 1. The Morgan fingerprint density at radius 3 is 1.88 bits per heavy atom. The van der Waals surface area contributed by atoms with Crippen molar-refractivity contribution in [2.24, 2.45) is 0 Å². The van der Waals surface area contributed by atoms with Crippen LogP contribution in [0.2, 0.25) is 0 Å². The minimum absolute atomic E-state index is 0.178. The molecule has 0 amide bonds. The number of carbonyl (C=O) groups is 1. The molecule has 0 aromatic rings. The number of hydrogen-bond donors (Lipinski definition) is 1. The molecule has 0 radical (unpaired) electrons. The van der Waals surface area contributed by atoms with E-state index in [4.69, 9.17) is 0 Å². The van der Waals surface area contributed by atoms with Gasteiger partial charge < -0.3 is 5.32 Å². The summed E-state index contributed by atoms with van der Waals surface area (Å²) >= 11 is 0. The van der Waals surface area contributed by atoms with Gasteiger partial charge in [-0.2, -0.15) is 0 Å². The van der Waals surface area contributed by atoms with Gasteiger partial charge >= 0.3 is 0 Å². The summed E-state index contributed by atoms with van der Waals surface area (Å²) in [5.74, 6) is 0.178. The lowest BCUT2D eigenvalue weighted by Crippen LogP contribution is -2.14. The summed E-state index contributed by atoms with van der Waals surface area (Å²) in [5, 5.41) is 2.72. The average Bonchev–Trinajstić information content (AvgIpc) is 1.72. The SMILES string of the molecule is CC.CNCC(C)=O. The molecule has 0 fully saturated rings. The van der Waals surface area contributed by atoms with Crippen molar-refractivity contribution in [2.45, 2.75) is 20.8 Å². The van der Waals surface area contributed by atoms with E-state index in [0.717, 1.165) is 0 Å². The van der Waals surface area contributed by atoms with Crippen LogP contribution in [0.25, 0.3) is 0 Å². The van der Waals surface area contributed by atoms with Gasteiger partial charge in [-0.15, -0.1) is 0 Å². The van der Waals surface area contributed by atoms with E-state index in [1.165, 1.54) is 0 Å². The second kappa shape index (κ2) is 9.80. The number of Topliss-reactive ketones (excluding diaryl/α,β-unsaturated/α-hetero) is 1. The van der Waals surface area contributed by atoms with Crippen molar-refractivity contribution in [3.63, 3.8) is 0 Å². The first-order valence-corrected chi connectivity index (χ1v) is 2.91. The van der Waals surface area contributed by atoms with Gasteiger partial charge in [-0.05, 0) is 14.0 Å². The monoisotopic (exact) mass is 117 g/mol. The highest BCUT2D eigenvalue weighted by Crippen LogP contribution is 1.57. The van der Waals surface area contributed by atoms with Gasteiger partial charge in [0, 0.05) is 0 Å². The largest absolute Gasteiger partial charge is 0.313 e. The number of likely N-dealkylation sites (N-methyl/N-ethyl adjacent to an activating group) is 1. The lowest BCUT2D eigenvalue weighted by atomic mass is 10.5. The minimum atomic E-state index is 0.178. The van der Waals surface area contributed by atoms with E-state index in [0.29, 0.717) is 6.54 Å². The standard InChI is InChI=1S/C4H9NO.C2H6/c1-4(6)3-5-2;1-2/h5H,3H2,1-2H3;1-2H3. The van der Waals surface area contributed by atoms with Crippen LogP contribution in [-0.2, 0) is 4.79 Å². The van der Waals surface area contributed by atoms with E-state index >= 15 is 0 Å². The van der Waals surface area contributed by atoms with E-state index in [9.17, 15) is 4.79 Å². The Kier molecular flexibility index (Phi) is 13.0. The zero-order valence-corrected chi connectivity index (χ0v) is 6.12. The molecule has 50 valence electrons. The van der Waals surface area contributed by atoms with Crippen molar-refractivity contribution in [1.29, 1.82) is 0 Å². The number of nitrogens with one attached hydrogen (secondary N) is 1. The molecule has 0 heterocycles. The van der Waals surface area contributed by atoms with Crippen LogP contribution in [0.15, 0.2) is 0 Å². The average molecular weight is 117 g/mol. The number of carbonyl (C=O) groups excluding carboxylic acids is 1. The van der Waals surface area contributed by atoms with Gasteiger partial charge in [0.15, 0.2) is 0 Å². The van der Waals surface area contributed by atoms with Crippen molar-refractivity contribution >= 4 is 5.78 Å². The van der Waals surface area contributed by atoms with Crippen molar-refractivity contribution in [2.75, 3.05) is 13.6 Å². The summed E-state index contributed by atoms with van der Waals surface area (Å²) in [6, 6.07) is 0. The summed E-state index contributed by atoms with van der Waals surface area (Å²) in [6.45, 7) is 6.04. The third-order valence-electron chi connectivity index (χ3n) is 0.426. The molecule has 0 aliphatic heterocycles. The molecule has 0 atom stereocenters. The molecule has 0 saturated heterocycles. The Balaban J connectivity index is 0. The fourth-order valence-corrected chi connectivity index (χ4v) is 0.249. The molecule has 0 unspecified atom stereocenters. The van der Waals surface area contributed by atoms with Crippen LogP contribution in [0.3, 0.4) is 0 Å². The van der Waals surface area contributed by atoms with Gasteiger partial charge in [0.25, 0.3) is 0 Å². The minimum Gasteiger partial charge on any atom is -0.313 e. The summed E-state index contributed by atoms with van der Waals surface area (Å²) in [4.78, 5) is 9.98.